The molecule has 0 aromatic heterocycles. The zero-order valence-corrected chi connectivity index (χ0v) is 12.3. The van der Waals surface area contributed by atoms with Crippen LogP contribution in [0, 0.1) is 3.57 Å². The minimum absolute atomic E-state index is 0.209. The van der Waals surface area contributed by atoms with Crippen molar-refractivity contribution in [1.29, 1.82) is 0 Å². The summed E-state index contributed by atoms with van der Waals surface area (Å²) < 4.78 is 23.7. The van der Waals surface area contributed by atoms with Gasteiger partial charge < -0.3 is 11.1 Å². The van der Waals surface area contributed by atoms with Crippen LogP contribution in [0.3, 0.4) is 0 Å². The molecule has 1 aliphatic heterocycles. The van der Waals surface area contributed by atoms with Gasteiger partial charge in [-0.05, 0) is 53.6 Å². The molecule has 1 heterocycles. The fourth-order valence-electron chi connectivity index (χ4n) is 1.92. The van der Waals surface area contributed by atoms with Gasteiger partial charge in [0.25, 0.3) is 0 Å². The molecule has 0 unspecified atom stereocenters. The Balaban J connectivity index is 2.02. The van der Waals surface area contributed by atoms with Crippen LogP contribution in [0.5, 0.6) is 0 Å². The molecule has 1 fully saturated rings. The highest BCUT2D eigenvalue weighted by Gasteiger charge is 2.23. The van der Waals surface area contributed by atoms with E-state index < -0.39 is 9.84 Å². The van der Waals surface area contributed by atoms with E-state index in [9.17, 15) is 8.42 Å². The predicted molar refractivity (Wildman–Crippen MR) is 78.9 cm³/mol. The van der Waals surface area contributed by atoms with Gasteiger partial charge in [0.2, 0.25) is 0 Å². The van der Waals surface area contributed by atoms with E-state index in [0.29, 0.717) is 18.5 Å². The van der Waals surface area contributed by atoms with Crippen LogP contribution in [0.2, 0.25) is 0 Å². The Kier molecular flexibility index (Phi) is 3.82. The summed E-state index contributed by atoms with van der Waals surface area (Å²) in [6.45, 7) is 0. The van der Waals surface area contributed by atoms with Gasteiger partial charge in [-0.3, -0.25) is 0 Å². The number of rotatable bonds is 2. The number of anilines is 2. The topological polar surface area (TPSA) is 72.2 Å². The molecular weight excluding hydrogens is 351 g/mol. The van der Waals surface area contributed by atoms with Crippen LogP contribution in [-0.2, 0) is 9.84 Å². The van der Waals surface area contributed by atoms with Gasteiger partial charge in [-0.2, -0.15) is 0 Å². The molecule has 1 aromatic rings. The maximum atomic E-state index is 11.3. The number of sulfone groups is 1. The zero-order valence-electron chi connectivity index (χ0n) is 9.32. The Morgan fingerprint density at radius 1 is 1.29 bits per heavy atom. The van der Waals surface area contributed by atoms with E-state index in [2.05, 4.69) is 27.9 Å². The third kappa shape index (κ3) is 3.48. The molecular formula is C11H15IN2O2S. The van der Waals surface area contributed by atoms with Gasteiger partial charge in [-0.1, -0.05) is 0 Å². The van der Waals surface area contributed by atoms with Crippen molar-refractivity contribution in [2.45, 2.75) is 18.9 Å². The third-order valence-electron chi connectivity index (χ3n) is 2.93. The Labute approximate surface area is 115 Å². The first-order valence-electron chi connectivity index (χ1n) is 5.48. The van der Waals surface area contributed by atoms with Crippen molar-refractivity contribution in [2.24, 2.45) is 0 Å². The lowest BCUT2D eigenvalue weighted by Crippen LogP contribution is -2.32. The highest BCUT2D eigenvalue weighted by atomic mass is 127. The van der Waals surface area contributed by atoms with Crippen LogP contribution < -0.4 is 11.1 Å². The van der Waals surface area contributed by atoms with Crippen molar-refractivity contribution in [3.05, 3.63) is 21.8 Å². The highest BCUT2D eigenvalue weighted by molar-refractivity contribution is 14.1. The first-order valence-corrected chi connectivity index (χ1v) is 8.38. The molecule has 1 saturated heterocycles. The van der Waals surface area contributed by atoms with Gasteiger partial charge in [0, 0.05) is 9.61 Å². The van der Waals surface area contributed by atoms with Gasteiger partial charge in [-0.25, -0.2) is 8.42 Å². The van der Waals surface area contributed by atoms with Crippen LogP contribution in [0.1, 0.15) is 12.8 Å². The summed E-state index contributed by atoms with van der Waals surface area (Å²) in [5.41, 5.74) is 7.52. The second-order valence-corrected chi connectivity index (χ2v) is 7.85. The van der Waals surface area contributed by atoms with Crippen molar-refractivity contribution in [2.75, 3.05) is 22.6 Å². The fourth-order valence-corrected chi connectivity index (χ4v) is 3.93. The monoisotopic (exact) mass is 366 g/mol. The molecule has 0 radical (unpaired) electrons. The number of benzene rings is 1. The average molecular weight is 366 g/mol. The largest absolute Gasteiger partial charge is 0.397 e. The molecule has 3 N–H and O–H groups in total. The fraction of sp³-hybridized carbons (Fsp3) is 0.455. The molecule has 0 bridgehead atoms. The first-order chi connectivity index (χ1) is 7.96. The van der Waals surface area contributed by atoms with Crippen molar-refractivity contribution < 1.29 is 8.42 Å². The van der Waals surface area contributed by atoms with E-state index in [1.807, 2.05) is 18.2 Å². The van der Waals surface area contributed by atoms with Gasteiger partial charge in [0.1, 0.15) is 9.84 Å². The zero-order chi connectivity index (χ0) is 12.5. The summed E-state index contributed by atoms with van der Waals surface area (Å²) in [6.07, 6.45) is 1.32. The standard InChI is InChI=1S/C11H15IN2O2S/c12-8-1-2-11(10(13)7-8)14-9-3-5-17(15,16)6-4-9/h1-2,7,9,14H,3-6,13H2. The maximum Gasteiger partial charge on any atom is 0.150 e. The molecule has 0 atom stereocenters. The SMILES string of the molecule is Nc1cc(I)ccc1NC1CCS(=O)(=O)CC1. The molecule has 17 heavy (non-hydrogen) atoms. The van der Waals surface area contributed by atoms with Crippen molar-refractivity contribution in [3.8, 4) is 0 Å². The second kappa shape index (κ2) is 5.01. The van der Waals surface area contributed by atoms with Crippen molar-refractivity contribution >= 4 is 43.8 Å². The molecule has 6 heteroatoms. The lowest BCUT2D eigenvalue weighted by Gasteiger charge is -2.24. The predicted octanol–water partition coefficient (Wildman–Crippen LogP) is 1.86. The molecule has 1 aromatic carbocycles. The molecule has 0 amide bonds. The summed E-state index contributed by atoms with van der Waals surface area (Å²) in [6, 6.07) is 6.04. The van der Waals surface area contributed by atoms with Crippen LogP contribution in [0.15, 0.2) is 18.2 Å². The highest BCUT2D eigenvalue weighted by Crippen LogP contribution is 2.24. The summed E-state index contributed by atoms with van der Waals surface area (Å²) in [5, 5.41) is 3.32. The van der Waals surface area contributed by atoms with Gasteiger partial charge in [0.15, 0.2) is 0 Å². The Hall–Kier alpha value is -0.500. The summed E-state index contributed by atoms with van der Waals surface area (Å²) >= 11 is 2.21. The minimum Gasteiger partial charge on any atom is -0.397 e. The molecule has 2 rings (SSSR count). The molecule has 0 saturated carbocycles. The minimum atomic E-state index is -2.80. The average Bonchev–Trinajstić information content (AvgIpc) is 2.25. The lowest BCUT2D eigenvalue weighted by molar-refractivity contribution is 0.559. The lowest BCUT2D eigenvalue weighted by atomic mass is 10.1. The summed E-state index contributed by atoms with van der Waals surface area (Å²) in [5.74, 6) is 0.546. The summed E-state index contributed by atoms with van der Waals surface area (Å²) in [4.78, 5) is 0. The van der Waals surface area contributed by atoms with Gasteiger partial charge >= 0.3 is 0 Å². The molecule has 4 nitrogen and oxygen atoms in total. The summed E-state index contributed by atoms with van der Waals surface area (Å²) in [7, 11) is -2.80. The number of nitrogens with one attached hydrogen (secondary N) is 1. The van der Waals surface area contributed by atoms with Gasteiger partial charge in [0.05, 0.1) is 22.9 Å². The van der Waals surface area contributed by atoms with Gasteiger partial charge in [-0.15, -0.1) is 0 Å². The normalized spacial score (nSPS) is 20.1. The maximum absolute atomic E-state index is 11.3. The van der Waals surface area contributed by atoms with E-state index in [1.165, 1.54) is 0 Å². The van der Waals surface area contributed by atoms with E-state index in [0.717, 1.165) is 9.26 Å². The van der Waals surface area contributed by atoms with Crippen molar-refractivity contribution in [3.63, 3.8) is 0 Å². The van der Waals surface area contributed by atoms with Crippen LogP contribution in [0.4, 0.5) is 11.4 Å². The molecule has 1 aliphatic rings. The van der Waals surface area contributed by atoms with E-state index >= 15 is 0 Å². The van der Waals surface area contributed by atoms with Crippen LogP contribution in [0.25, 0.3) is 0 Å². The number of halogens is 1. The molecule has 0 spiro atoms. The Bertz CT molecular complexity index is 502. The molecule has 0 aliphatic carbocycles. The van der Waals surface area contributed by atoms with E-state index in [-0.39, 0.29) is 17.5 Å². The molecule has 94 valence electrons. The quantitative estimate of drug-likeness (QED) is 0.619. The van der Waals surface area contributed by atoms with Crippen molar-refractivity contribution in [1.82, 2.24) is 0 Å². The number of hydrogen-bond donors (Lipinski definition) is 2. The van der Waals surface area contributed by atoms with E-state index in [1.54, 1.807) is 0 Å². The number of nitrogen functional groups attached to an aromatic ring is 1. The number of hydrogen-bond acceptors (Lipinski definition) is 4. The number of nitrogens with two attached hydrogens (primary N) is 1. The third-order valence-corrected chi connectivity index (χ3v) is 5.31. The second-order valence-electron chi connectivity index (χ2n) is 4.30. The Morgan fingerprint density at radius 2 is 1.94 bits per heavy atom. The van der Waals surface area contributed by atoms with Crippen LogP contribution in [-0.4, -0.2) is 26.0 Å². The smallest absolute Gasteiger partial charge is 0.150 e. The Morgan fingerprint density at radius 3 is 2.53 bits per heavy atom. The van der Waals surface area contributed by atoms with E-state index in [4.69, 9.17) is 5.73 Å². The first kappa shape index (κ1) is 12.9. The van der Waals surface area contributed by atoms with Crippen LogP contribution >= 0.6 is 22.6 Å².